The Morgan fingerprint density at radius 1 is 1.10 bits per heavy atom. The first-order valence-corrected chi connectivity index (χ1v) is 13.0. The van der Waals surface area contributed by atoms with Crippen LogP contribution in [0.1, 0.15) is 74.1 Å². The summed E-state index contributed by atoms with van der Waals surface area (Å²) in [4.78, 5) is 13.3. The van der Waals surface area contributed by atoms with Gasteiger partial charge in [0.15, 0.2) is 6.23 Å². The van der Waals surface area contributed by atoms with Gasteiger partial charge in [-0.2, -0.15) is 5.26 Å². The number of rotatable bonds is 5. The molecule has 1 aromatic heterocycles. The largest absolute Gasteiger partial charge is 0.368 e. The Bertz CT molecular complexity index is 1390. The number of aliphatic hydroxyl groups is 1. The Morgan fingerprint density at radius 2 is 1.85 bits per heavy atom. The first kappa shape index (κ1) is 29.8. The molecule has 2 aliphatic rings. The number of benzene rings is 2. The zero-order chi connectivity index (χ0) is 27.6. The molecule has 7 nitrogen and oxygen atoms in total. The Balaban J connectivity index is 0.000000324. The molecule has 1 N–H and O–H groups in total. The molecule has 39 heavy (non-hydrogen) atoms. The lowest BCUT2D eigenvalue weighted by Crippen LogP contribution is -2.49. The second-order valence-electron chi connectivity index (χ2n) is 9.76. The van der Waals surface area contributed by atoms with Gasteiger partial charge in [-0.05, 0) is 57.4 Å². The fraction of sp³-hybridized carbons (Fsp3) is 0.433. The van der Waals surface area contributed by atoms with Crippen LogP contribution < -0.4 is 4.90 Å². The van der Waals surface area contributed by atoms with Crippen molar-refractivity contribution < 1.29 is 13.9 Å². The van der Waals surface area contributed by atoms with Gasteiger partial charge in [0.2, 0.25) is 5.96 Å². The van der Waals surface area contributed by atoms with Crippen LogP contribution in [0.25, 0.3) is 0 Å². The molecule has 2 unspecified atom stereocenters. The zero-order valence-electron chi connectivity index (χ0n) is 22.5. The van der Waals surface area contributed by atoms with E-state index in [9.17, 15) is 13.9 Å². The predicted molar refractivity (Wildman–Crippen MR) is 151 cm³/mol. The third-order valence-electron chi connectivity index (χ3n) is 6.96. The number of nitrogens with zero attached hydrogens (tertiary/aromatic N) is 6. The second-order valence-corrected chi connectivity index (χ2v) is 9.76. The minimum absolute atomic E-state index is 0. The summed E-state index contributed by atoms with van der Waals surface area (Å²) in [5.74, 6) is 0.963. The van der Waals surface area contributed by atoms with Crippen LogP contribution in [0.15, 0.2) is 41.4 Å². The minimum Gasteiger partial charge on any atom is -0.368 e. The number of imidazole rings is 1. The topological polar surface area (TPSA) is 80.7 Å². The number of fused-ring (bicyclic) bond motifs is 3. The van der Waals surface area contributed by atoms with Crippen LogP contribution in [-0.2, 0) is 6.54 Å². The van der Waals surface area contributed by atoms with E-state index in [4.69, 9.17) is 10.3 Å². The van der Waals surface area contributed by atoms with Gasteiger partial charge in [-0.15, -0.1) is 0 Å². The van der Waals surface area contributed by atoms with Crippen molar-refractivity contribution >= 4 is 11.8 Å². The Morgan fingerprint density at radius 3 is 2.46 bits per heavy atom. The molecule has 2 atom stereocenters. The fourth-order valence-corrected chi connectivity index (χ4v) is 4.94. The lowest BCUT2D eigenvalue weighted by atomic mass is 10.1. The number of nitriles is 1. The molecule has 208 valence electrons. The van der Waals surface area contributed by atoms with Gasteiger partial charge in [0.05, 0.1) is 30.8 Å². The molecule has 2 aliphatic heterocycles. The van der Waals surface area contributed by atoms with Crippen molar-refractivity contribution in [3.8, 4) is 6.07 Å². The summed E-state index contributed by atoms with van der Waals surface area (Å²) >= 11 is 0. The lowest BCUT2D eigenvalue weighted by Gasteiger charge is -2.38. The number of hydrogen-bond acceptors (Lipinski definition) is 6. The van der Waals surface area contributed by atoms with E-state index in [0.29, 0.717) is 30.2 Å². The van der Waals surface area contributed by atoms with E-state index >= 15 is 0 Å². The third kappa shape index (κ3) is 5.96. The number of aryl methyl sites for hydroxylation is 3. The van der Waals surface area contributed by atoms with E-state index in [0.717, 1.165) is 47.4 Å². The van der Waals surface area contributed by atoms with Gasteiger partial charge in [-0.3, -0.25) is 4.90 Å². The number of aliphatic imine (C=N–C) groups is 1. The molecule has 5 rings (SSSR count). The van der Waals surface area contributed by atoms with E-state index < -0.39 is 17.9 Å². The Hall–Kier alpha value is -3.77. The summed E-state index contributed by atoms with van der Waals surface area (Å²) in [6.45, 7) is 11.4. The monoisotopic (exact) mass is 536 g/mol. The van der Waals surface area contributed by atoms with Crippen LogP contribution in [0.5, 0.6) is 0 Å². The summed E-state index contributed by atoms with van der Waals surface area (Å²) < 4.78 is 29.4. The first-order chi connectivity index (χ1) is 18.2. The number of guanidine groups is 1. The summed E-state index contributed by atoms with van der Waals surface area (Å²) in [7, 11) is 0. The molecule has 3 heterocycles. The number of hydrogen-bond donors (Lipinski definition) is 1. The molecule has 0 aliphatic carbocycles. The minimum atomic E-state index is -0.895. The molecule has 0 bridgehead atoms. The predicted octanol–water partition coefficient (Wildman–Crippen LogP) is 6.00. The highest BCUT2D eigenvalue weighted by atomic mass is 19.1. The average molecular weight is 537 g/mol. The van der Waals surface area contributed by atoms with Crippen LogP contribution in [-0.4, -0.2) is 44.6 Å². The van der Waals surface area contributed by atoms with E-state index in [1.54, 1.807) is 0 Å². The maximum absolute atomic E-state index is 14.3. The summed E-state index contributed by atoms with van der Waals surface area (Å²) in [5.41, 5.74) is 3.90. The van der Waals surface area contributed by atoms with Crippen LogP contribution in [0, 0.1) is 43.7 Å². The highest BCUT2D eigenvalue weighted by molar-refractivity contribution is 5.99. The Kier molecular flexibility index (Phi) is 9.46. The molecule has 3 aromatic rings. The van der Waals surface area contributed by atoms with Crippen molar-refractivity contribution in [2.45, 2.75) is 73.7 Å². The van der Waals surface area contributed by atoms with Crippen LogP contribution in [0.2, 0.25) is 0 Å². The lowest BCUT2D eigenvalue weighted by molar-refractivity contribution is 0.0481. The van der Waals surface area contributed by atoms with Gasteiger partial charge in [0.1, 0.15) is 29.0 Å². The third-order valence-corrected chi connectivity index (χ3v) is 6.96. The maximum Gasteiger partial charge on any atom is 0.205 e. The normalized spacial score (nSPS) is 17.4. The highest BCUT2D eigenvalue weighted by Crippen LogP contribution is 2.39. The van der Waals surface area contributed by atoms with Crippen LogP contribution >= 0.6 is 0 Å². The standard InChI is InChI=1S/C20H25F2N5O.C9H9N.CH4/c1-4-6-15-11-27-18-17(19(28)25(5-2)20(27)24-15)23-12(3)26(18)10-13-7-8-14(21)9-16(13)22;1-7-3-4-8(2)9(5-7)6-10;/h7-9,15,19,28H,4-6,10-11H2,1-3H3;3-5H,1-2H3;1H4. The second kappa shape index (κ2) is 12.4. The SMILES string of the molecule is C.CCCC1CN2C(=N1)N(CC)C(O)c1nc(C)n(Cc3ccc(F)cc3F)c12.Cc1ccc(C)c(C#N)c1. The van der Waals surface area contributed by atoms with E-state index in [2.05, 4.69) is 22.9 Å². The number of anilines is 1. The van der Waals surface area contributed by atoms with E-state index in [-0.39, 0.29) is 20.0 Å². The van der Waals surface area contributed by atoms with Gasteiger partial charge in [0, 0.05) is 18.2 Å². The van der Waals surface area contributed by atoms with Crippen molar-refractivity contribution in [1.29, 1.82) is 5.26 Å². The van der Waals surface area contributed by atoms with Crippen molar-refractivity contribution in [3.63, 3.8) is 0 Å². The molecule has 9 heteroatoms. The van der Waals surface area contributed by atoms with Crippen molar-refractivity contribution in [2.24, 2.45) is 4.99 Å². The van der Waals surface area contributed by atoms with Crippen LogP contribution in [0.4, 0.5) is 14.6 Å². The summed E-state index contributed by atoms with van der Waals surface area (Å²) in [5, 5.41) is 19.5. The quantitative estimate of drug-likeness (QED) is 0.433. The molecule has 0 saturated carbocycles. The number of aromatic nitrogens is 2. The molecule has 2 aromatic carbocycles. The average Bonchev–Trinajstić information content (AvgIpc) is 3.44. The van der Waals surface area contributed by atoms with Crippen molar-refractivity contribution in [2.75, 3.05) is 18.0 Å². The zero-order valence-corrected chi connectivity index (χ0v) is 22.5. The summed E-state index contributed by atoms with van der Waals surface area (Å²) in [6, 6.07) is 11.8. The van der Waals surface area contributed by atoms with Crippen molar-refractivity contribution in [1.82, 2.24) is 14.5 Å². The van der Waals surface area contributed by atoms with Gasteiger partial charge >= 0.3 is 0 Å². The van der Waals surface area contributed by atoms with Crippen LogP contribution in [0.3, 0.4) is 0 Å². The molecule has 0 spiro atoms. The van der Waals surface area contributed by atoms with E-state index in [1.165, 1.54) is 12.1 Å². The molecule has 0 radical (unpaired) electrons. The molecular weight excluding hydrogens is 498 g/mol. The maximum atomic E-state index is 14.3. The molecule has 0 amide bonds. The molecular formula is C30H38F2N6O. The number of aliphatic hydroxyl groups excluding tert-OH is 1. The summed E-state index contributed by atoms with van der Waals surface area (Å²) in [6.07, 6.45) is 1.09. The smallest absolute Gasteiger partial charge is 0.205 e. The van der Waals surface area contributed by atoms with Gasteiger partial charge < -0.3 is 14.6 Å². The fourth-order valence-electron chi connectivity index (χ4n) is 4.94. The molecule has 0 fully saturated rings. The molecule has 0 saturated heterocycles. The highest BCUT2D eigenvalue weighted by Gasteiger charge is 2.42. The van der Waals surface area contributed by atoms with Gasteiger partial charge in [0.25, 0.3) is 0 Å². The Labute approximate surface area is 230 Å². The number of halogens is 2. The van der Waals surface area contributed by atoms with Gasteiger partial charge in [-0.25, -0.2) is 18.8 Å². The first-order valence-electron chi connectivity index (χ1n) is 13.0. The van der Waals surface area contributed by atoms with Crippen molar-refractivity contribution in [3.05, 3.63) is 81.8 Å². The van der Waals surface area contributed by atoms with Gasteiger partial charge in [-0.1, -0.05) is 39.0 Å². The van der Waals surface area contributed by atoms with E-state index in [1.807, 2.05) is 55.4 Å².